The van der Waals surface area contributed by atoms with Crippen LogP contribution in [0.15, 0.2) is 9.98 Å². The van der Waals surface area contributed by atoms with E-state index < -0.39 is 0 Å². The molecule has 0 aromatic rings. The normalized spacial score (nSPS) is 10.5. The van der Waals surface area contributed by atoms with Crippen molar-refractivity contribution in [2.24, 2.45) is 27.2 Å². The van der Waals surface area contributed by atoms with Crippen LogP contribution in [-0.4, -0.2) is 43.4 Å². The van der Waals surface area contributed by atoms with E-state index in [1.807, 2.05) is 0 Å². The predicted octanol–water partition coefficient (Wildman–Crippen LogP) is -1.99. The lowest BCUT2D eigenvalue weighted by Gasteiger charge is -1.98. The minimum atomic E-state index is -0.127. The lowest BCUT2D eigenvalue weighted by atomic mass is 10.7. The van der Waals surface area contributed by atoms with Crippen LogP contribution in [0.4, 0.5) is 0 Å². The molecule has 0 radical (unpaired) electrons. The van der Waals surface area contributed by atoms with E-state index in [1.54, 1.807) is 0 Å². The number of aliphatic hydroxyl groups excluding tert-OH is 1. The van der Waals surface area contributed by atoms with E-state index in [9.17, 15) is 0 Å². The van der Waals surface area contributed by atoms with Gasteiger partial charge >= 0.3 is 0 Å². The van der Waals surface area contributed by atoms with Crippen molar-refractivity contribution in [2.75, 3.05) is 26.4 Å². The van der Waals surface area contributed by atoms with Gasteiger partial charge in [0.05, 0.1) is 26.4 Å². The fourth-order valence-electron chi connectivity index (χ4n) is 0.559. The standard InChI is InChI=1S/C6H15N5O2.ClH/c7-5(8)11-6(9)10-1-3-13-4-2-12;/h12H,1-4H2,(H6,7,8,9,10,11);1H. The molecule has 0 spiro atoms. The molecule has 0 saturated carbocycles. The van der Waals surface area contributed by atoms with Crippen LogP contribution in [0.1, 0.15) is 0 Å². The fourth-order valence-corrected chi connectivity index (χ4v) is 0.559. The number of nitrogens with zero attached hydrogens (tertiary/aromatic N) is 2. The van der Waals surface area contributed by atoms with E-state index in [1.165, 1.54) is 0 Å². The number of aliphatic hydroxyl groups is 1. The maximum atomic E-state index is 8.35. The Kier molecular flexibility index (Phi) is 11.1. The molecule has 14 heavy (non-hydrogen) atoms. The van der Waals surface area contributed by atoms with Crippen molar-refractivity contribution >= 4 is 24.3 Å². The quantitative estimate of drug-likeness (QED) is 0.244. The van der Waals surface area contributed by atoms with Crippen molar-refractivity contribution in [3.63, 3.8) is 0 Å². The van der Waals surface area contributed by atoms with Crippen LogP contribution in [0.25, 0.3) is 0 Å². The minimum absolute atomic E-state index is 0. The maximum absolute atomic E-state index is 8.35. The molecule has 0 rings (SSSR count). The predicted molar refractivity (Wildman–Crippen MR) is 57.5 cm³/mol. The van der Waals surface area contributed by atoms with Crippen molar-refractivity contribution in [3.8, 4) is 0 Å². The first kappa shape index (κ1) is 15.4. The highest BCUT2D eigenvalue weighted by Crippen LogP contribution is 1.77. The molecular weight excluding hydrogens is 210 g/mol. The average molecular weight is 226 g/mol. The number of halogens is 1. The Morgan fingerprint density at radius 2 is 1.86 bits per heavy atom. The zero-order chi connectivity index (χ0) is 10.1. The van der Waals surface area contributed by atoms with Gasteiger partial charge < -0.3 is 27.0 Å². The summed E-state index contributed by atoms with van der Waals surface area (Å²) < 4.78 is 4.91. The zero-order valence-corrected chi connectivity index (χ0v) is 8.54. The summed E-state index contributed by atoms with van der Waals surface area (Å²) in [5.41, 5.74) is 15.4. The van der Waals surface area contributed by atoms with Gasteiger partial charge in [-0.2, -0.15) is 4.99 Å². The summed E-state index contributed by atoms with van der Waals surface area (Å²) in [6, 6.07) is 0. The Morgan fingerprint density at radius 3 is 2.36 bits per heavy atom. The highest BCUT2D eigenvalue weighted by Gasteiger charge is 1.89. The second-order valence-corrected chi connectivity index (χ2v) is 2.11. The zero-order valence-electron chi connectivity index (χ0n) is 7.72. The van der Waals surface area contributed by atoms with Crippen molar-refractivity contribution in [3.05, 3.63) is 0 Å². The largest absolute Gasteiger partial charge is 0.394 e. The van der Waals surface area contributed by atoms with E-state index in [4.69, 9.17) is 27.0 Å². The van der Waals surface area contributed by atoms with E-state index >= 15 is 0 Å². The van der Waals surface area contributed by atoms with Crippen LogP contribution in [0, 0.1) is 0 Å². The summed E-state index contributed by atoms with van der Waals surface area (Å²) in [5, 5.41) is 8.35. The summed E-state index contributed by atoms with van der Waals surface area (Å²) in [5.74, 6) is -0.106. The molecule has 0 aliphatic rings. The first-order valence-electron chi connectivity index (χ1n) is 3.75. The second kappa shape index (κ2) is 10.0. The van der Waals surface area contributed by atoms with Gasteiger partial charge in [0, 0.05) is 0 Å². The van der Waals surface area contributed by atoms with Crippen molar-refractivity contribution in [1.82, 2.24) is 0 Å². The van der Waals surface area contributed by atoms with Crippen LogP contribution in [0.2, 0.25) is 0 Å². The van der Waals surface area contributed by atoms with Gasteiger partial charge in [-0.1, -0.05) is 0 Å². The van der Waals surface area contributed by atoms with Gasteiger partial charge in [0.1, 0.15) is 0 Å². The van der Waals surface area contributed by atoms with Crippen LogP contribution in [0.3, 0.4) is 0 Å². The van der Waals surface area contributed by atoms with Gasteiger partial charge in [-0.3, -0.25) is 0 Å². The molecule has 8 heteroatoms. The highest BCUT2D eigenvalue weighted by molar-refractivity contribution is 5.92. The van der Waals surface area contributed by atoms with Crippen LogP contribution >= 0.6 is 12.4 Å². The van der Waals surface area contributed by atoms with Gasteiger partial charge in [-0.25, -0.2) is 4.99 Å². The molecule has 7 N–H and O–H groups in total. The lowest BCUT2D eigenvalue weighted by molar-refractivity contribution is 0.0978. The molecule has 0 aromatic heterocycles. The summed E-state index contributed by atoms with van der Waals surface area (Å²) in [4.78, 5) is 7.27. The van der Waals surface area contributed by atoms with Crippen LogP contribution < -0.4 is 17.2 Å². The molecule has 0 saturated heterocycles. The smallest absolute Gasteiger partial charge is 0.218 e. The Balaban J connectivity index is 0. The molecule has 0 aromatic carbocycles. The van der Waals surface area contributed by atoms with Crippen LogP contribution in [0.5, 0.6) is 0 Å². The van der Waals surface area contributed by atoms with Crippen molar-refractivity contribution in [2.45, 2.75) is 0 Å². The summed E-state index contributed by atoms with van der Waals surface area (Å²) in [6.07, 6.45) is 0. The Bertz CT molecular complexity index is 193. The van der Waals surface area contributed by atoms with E-state index in [-0.39, 0.29) is 37.5 Å². The lowest BCUT2D eigenvalue weighted by Crippen LogP contribution is -2.26. The van der Waals surface area contributed by atoms with Gasteiger partial charge in [0.25, 0.3) is 0 Å². The molecule has 0 heterocycles. The first-order valence-corrected chi connectivity index (χ1v) is 3.75. The second-order valence-electron chi connectivity index (χ2n) is 2.11. The number of ether oxygens (including phenoxy) is 1. The average Bonchev–Trinajstić information content (AvgIpc) is 2.02. The van der Waals surface area contributed by atoms with Gasteiger partial charge in [-0.15, -0.1) is 12.4 Å². The molecule has 7 nitrogen and oxygen atoms in total. The number of guanidine groups is 2. The van der Waals surface area contributed by atoms with E-state index in [2.05, 4.69) is 9.98 Å². The molecule has 0 amide bonds. The number of nitrogens with two attached hydrogens (primary N) is 3. The molecule has 84 valence electrons. The topological polar surface area (TPSA) is 132 Å². The Morgan fingerprint density at radius 1 is 1.21 bits per heavy atom. The Labute approximate surface area is 88.4 Å². The van der Waals surface area contributed by atoms with Crippen molar-refractivity contribution in [1.29, 1.82) is 0 Å². The SMILES string of the molecule is Cl.NC(N)=NC(N)=NCCOCCO. The highest BCUT2D eigenvalue weighted by atomic mass is 35.5. The van der Waals surface area contributed by atoms with Gasteiger partial charge in [-0.05, 0) is 0 Å². The summed E-state index contributed by atoms with van der Waals surface area (Å²) >= 11 is 0. The Hall–Kier alpha value is -1.05. The number of hydrogen-bond acceptors (Lipinski definition) is 3. The summed E-state index contributed by atoms with van der Waals surface area (Å²) in [6.45, 7) is 1.02. The number of aliphatic imine (C=N–C) groups is 2. The van der Waals surface area contributed by atoms with E-state index in [0.717, 1.165) is 0 Å². The molecule has 0 aliphatic heterocycles. The molecule has 0 fully saturated rings. The van der Waals surface area contributed by atoms with Gasteiger partial charge in [0.2, 0.25) is 5.96 Å². The maximum Gasteiger partial charge on any atom is 0.218 e. The van der Waals surface area contributed by atoms with E-state index in [0.29, 0.717) is 13.2 Å². The molecule has 0 unspecified atom stereocenters. The fraction of sp³-hybridized carbons (Fsp3) is 0.667. The first-order chi connectivity index (χ1) is 6.16. The number of hydrogen-bond donors (Lipinski definition) is 4. The molecule has 0 aliphatic carbocycles. The van der Waals surface area contributed by atoms with Crippen LogP contribution in [-0.2, 0) is 4.74 Å². The van der Waals surface area contributed by atoms with Crippen molar-refractivity contribution < 1.29 is 9.84 Å². The third kappa shape index (κ3) is 11.0. The molecule has 0 bridgehead atoms. The third-order valence-corrected chi connectivity index (χ3v) is 0.989. The third-order valence-electron chi connectivity index (χ3n) is 0.989. The molecular formula is C6H16ClN5O2. The number of rotatable bonds is 5. The van der Waals surface area contributed by atoms with Gasteiger partial charge in [0.15, 0.2) is 5.96 Å². The molecule has 0 atom stereocenters. The monoisotopic (exact) mass is 225 g/mol. The summed E-state index contributed by atoms with van der Waals surface area (Å²) in [7, 11) is 0. The minimum Gasteiger partial charge on any atom is -0.394 e.